The number of ether oxygens (including phenoxy) is 2. The topological polar surface area (TPSA) is 111 Å². The van der Waals surface area contributed by atoms with Gasteiger partial charge in [-0.25, -0.2) is 0 Å². The van der Waals surface area contributed by atoms with Crippen molar-refractivity contribution >= 4 is 46.3 Å². The molecule has 0 N–H and O–H groups in total. The molecule has 0 aromatic heterocycles. The van der Waals surface area contributed by atoms with Gasteiger partial charge in [-0.05, 0) is 76.2 Å². The van der Waals surface area contributed by atoms with Gasteiger partial charge in [0.15, 0.2) is 11.5 Å². The SMILES string of the molecule is COc1cc(/C=N\N2C(=O)[C@@H]3[C@H](C2=O)[C@H]2C=C[C@H]3C2)cc(I)c1OCc1ccc([N+](=O)[O-])cc1. The number of methoxy groups -OCH3 is 1. The lowest BCUT2D eigenvalue weighted by molar-refractivity contribution is -0.384. The van der Waals surface area contributed by atoms with Crippen molar-refractivity contribution in [3.05, 3.63) is 73.4 Å². The molecule has 34 heavy (non-hydrogen) atoms. The summed E-state index contributed by atoms with van der Waals surface area (Å²) in [6, 6.07) is 9.66. The van der Waals surface area contributed by atoms with Crippen LogP contribution < -0.4 is 9.47 Å². The van der Waals surface area contributed by atoms with E-state index in [1.54, 1.807) is 18.2 Å². The van der Waals surface area contributed by atoms with Crippen LogP contribution in [-0.2, 0) is 16.2 Å². The third-order valence-corrected chi connectivity index (χ3v) is 7.35. The summed E-state index contributed by atoms with van der Waals surface area (Å²) >= 11 is 2.11. The van der Waals surface area contributed by atoms with Crippen molar-refractivity contribution in [2.24, 2.45) is 28.8 Å². The van der Waals surface area contributed by atoms with Crippen molar-refractivity contribution in [3.63, 3.8) is 0 Å². The number of fused-ring (bicyclic) bond motifs is 5. The molecule has 0 spiro atoms. The van der Waals surface area contributed by atoms with Crippen molar-refractivity contribution in [2.75, 3.05) is 7.11 Å². The predicted octanol–water partition coefficient (Wildman–Crippen LogP) is 3.93. The molecule has 4 atom stereocenters. The van der Waals surface area contributed by atoms with Crippen molar-refractivity contribution in [1.82, 2.24) is 5.01 Å². The Bertz CT molecular complexity index is 1210. The number of halogens is 1. The van der Waals surface area contributed by atoms with Gasteiger partial charge in [0.25, 0.3) is 17.5 Å². The highest BCUT2D eigenvalue weighted by molar-refractivity contribution is 14.1. The number of hydrogen-bond acceptors (Lipinski definition) is 7. The molecule has 9 nitrogen and oxygen atoms in total. The average Bonchev–Trinajstić information content (AvgIpc) is 3.51. The number of nitrogens with zero attached hydrogens (tertiary/aromatic N) is 3. The summed E-state index contributed by atoms with van der Waals surface area (Å²) in [5, 5.41) is 16.0. The maximum Gasteiger partial charge on any atom is 0.269 e. The number of nitro benzene ring substituents is 1. The fourth-order valence-electron chi connectivity index (χ4n) is 4.95. The molecule has 3 aliphatic rings. The first-order valence-corrected chi connectivity index (χ1v) is 11.8. The van der Waals surface area contributed by atoms with Crippen LogP contribution in [0.4, 0.5) is 5.69 Å². The molecule has 5 rings (SSSR count). The zero-order valence-electron chi connectivity index (χ0n) is 18.1. The Hall–Kier alpha value is -3.28. The Morgan fingerprint density at radius 1 is 1.15 bits per heavy atom. The number of rotatable bonds is 7. The molecule has 0 radical (unpaired) electrons. The molecule has 0 unspecified atom stereocenters. The second-order valence-electron chi connectivity index (χ2n) is 8.48. The Morgan fingerprint density at radius 2 is 1.79 bits per heavy atom. The number of benzene rings is 2. The Labute approximate surface area is 208 Å². The number of nitro groups is 1. The number of non-ortho nitro benzene ring substituents is 1. The summed E-state index contributed by atoms with van der Waals surface area (Å²) in [5.74, 6) is 0.229. The van der Waals surface area contributed by atoms with Gasteiger partial charge in [0.2, 0.25) is 0 Å². The van der Waals surface area contributed by atoms with Crippen LogP contribution in [0.15, 0.2) is 53.7 Å². The third kappa shape index (κ3) is 3.85. The lowest BCUT2D eigenvalue weighted by atomic mass is 9.85. The first-order chi connectivity index (χ1) is 16.4. The van der Waals surface area contributed by atoms with Gasteiger partial charge < -0.3 is 9.47 Å². The number of amides is 2. The van der Waals surface area contributed by atoms with Gasteiger partial charge in [0, 0.05) is 12.1 Å². The minimum absolute atomic E-state index is 0.0158. The van der Waals surface area contributed by atoms with Crippen LogP contribution in [0.1, 0.15) is 17.5 Å². The number of carbonyl (C=O) groups excluding carboxylic acids is 2. The lowest BCUT2D eigenvalue weighted by Gasteiger charge is -2.14. The van der Waals surface area contributed by atoms with Crippen molar-refractivity contribution in [2.45, 2.75) is 13.0 Å². The van der Waals surface area contributed by atoms with Gasteiger partial charge >= 0.3 is 0 Å². The molecular weight excluding hydrogens is 553 g/mol. The van der Waals surface area contributed by atoms with E-state index in [-0.39, 0.29) is 47.8 Å². The zero-order valence-corrected chi connectivity index (χ0v) is 20.2. The summed E-state index contributed by atoms with van der Waals surface area (Å²) in [6.45, 7) is 0.202. The average molecular weight is 573 g/mol. The molecule has 1 saturated heterocycles. The normalized spacial score (nSPS) is 24.8. The molecule has 1 heterocycles. The van der Waals surface area contributed by atoms with E-state index in [2.05, 4.69) is 27.7 Å². The summed E-state index contributed by atoms with van der Waals surface area (Å²) in [4.78, 5) is 36.0. The van der Waals surface area contributed by atoms with E-state index in [1.807, 2.05) is 18.2 Å². The number of hydrogen-bond donors (Lipinski definition) is 0. The smallest absolute Gasteiger partial charge is 0.269 e. The third-order valence-electron chi connectivity index (χ3n) is 6.55. The van der Waals surface area contributed by atoms with Crippen LogP contribution in [0.25, 0.3) is 0 Å². The van der Waals surface area contributed by atoms with Gasteiger partial charge in [-0.15, -0.1) is 0 Å². The molecule has 174 valence electrons. The number of imide groups is 1. The van der Waals surface area contributed by atoms with E-state index >= 15 is 0 Å². The highest BCUT2D eigenvalue weighted by Gasteiger charge is 2.59. The molecular formula is C24H20IN3O6. The molecule has 2 aromatic carbocycles. The van der Waals surface area contributed by atoms with Crippen LogP contribution in [0.2, 0.25) is 0 Å². The van der Waals surface area contributed by atoms with Crippen LogP contribution >= 0.6 is 22.6 Å². The molecule has 2 bridgehead atoms. The Morgan fingerprint density at radius 3 is 2.38 bits per heavy atom. The number of hydrazone groups is 1. The van der Waals surface area contributed by atoms with E-state index in [0.29, 0.717) is 17.1 Å². The first-order valence-electron chi connectivity index (χ1n) is 10.7. The standard InChI is InChI=1S/C24H20IN3O6/c1-33-19-9-14(8-18(25)22(19)34-12-13-2-6-17(7-3-13)28(31)32)11-26-27-23(29)20-15-4-5-16(10-15)21(20)24(27)30/h2-9,11,15-16,20-21H,10,12H2,1H3/b26-11-/t15-,16-,20-,21+/m0/s1. The lowest BCUT2D eigenvalue weighted by Crippen LogP contribution is -2.28. The number of carbonyl (C=O) groups is 2. The minimum atomic E-state index is -0.451. The van der Waals surface area contributed by atoms with Crippen LogP contribution in [0.5, 0.6) is 11.5 Å². The molecule has 1 aliphatic heterocycles. The minimum Gasteiger partial charge on any atom is -0.493 e. The Balaban J connectivity index is 1.31. The fraction of sp³-hybridized carbons (Fsp3) is 0.292. The highest BCUT2D eigenvalue weighted by Crippen LogP contribution is 2.52. The molecule has 2 fully saturated rings. The van der Waals surface area contributed by atoms with Gasteiger partial charge in [-0.2, -0.15) is 10.1 Å². The maximum atomic E-state index is 12.8. The van der Waals surface area contributed by atoms with Gasteiger partial charge in [0.1, 0.15) is 6.61 Å². The first kappa shape index (κ1) is 22.5. The summed E-state index contributed by atoms with van der Waals surface area (Å²) in [7, 11) is 1.52. The number of allylic oxidation sites excluding steroid dienone is 2. The highest BCUT2D eigenvalue weighted by atomic mass is 127. The van der Waals surface area contributed by atoms with Crippen LogP contribution in [0.3, 0.4) is 0 Å². The van der Waals surface area contributed by atoms with E-state index in [1.165, 1.54) is 25.5 Å². The van der Waals surface area contributed by atoms with Gasteiger partial charge in [-0.1, -0.05) is 12.2 Å². The Kier molecular flexibility index (Phi) is 5.84. The van der Waals surface area contributed by atoms with Crippen molar-refractivity contribution in [3.8, 4) is 11.5 Å². The zero-order chi connectivity index (χ0) is 24.0. The molecule has 10 heteroatoms. The monoisotopic (exact) mass is 573 g/mol. The molecule has 2 amide bonds. The summed E-state index contributed by atoms with van der Waals surface area (Å²) in [5.41, 5.74) is 1.44. The van der Waals surface area contributed by atoms with Gasteiger partial charge in [-0.3, -0.25) is 19.7 Å². The maximum absolute atomic E-state index is 12.8. The van der Waals surface area contributed by atoms with Crippen LogP contribution in [0, 0.1) is 37.4 Å². The van der Waals surface area contributed by atoms with Gasteiger partial charge in [0.05, 0.1) is 33.7 Å². The van der Waals surface area contributed by atoms with Crippen LogP contribution in [-0.4, -0.2) is 35.1 Å². The molecule has 2 aliphatic carbocycles. The quantitative estimate of drug-likeness (QED) is 0.124. The van der Waals surface area contributed by atoms with E-state index in [9.17, 15) is 19.7 Å². The van der Waals surface area contributed by atoms with Crippen molar-refractivity contribution < 1.29 is 24.0 Å². The molecule has 2 aromatic rings. The van der Waals surface area contributed by atoms with Crippen molar-refractivity contribution in [1.29, 1.82) is 0 Å². The summed E-state index contributed by atoms with van der Waals surface area (Å²) < 4.78 is 12.1. The fourth-order valence-corrected chi connectivity index (χ4v) is 5.73. The van der Waals surface area contributed by atoms with E-state index in [4.69, 9.17) is 9.47 Å². The van der Waals surface area contributed by atoms with E-state index in [0.717, 1.165) is 20.6 Å². The molecule has 1 saturated carbocycles. The van der Waals surface area contributed by atoms with E-state index < -0.39 is 4.92 Å². The summed E-state index contributed by atoms with van der Waals surface area (Å²) in [6.07, 6.45) is 6.46. The predicted molar refractivity (Wildman–Crippen MR) is 130 cm³/mol. The second-order valence-corrected chi connectivity index (χ2v) is 9.64. The second kappa shape index (κ2) is 8.82. The largest absolute Gasteiger partial charge is 0.493 e.